The number of rotatable bonds is 5. The molecule has 2 heteroatoms. The van der Waals surface area contributed by atoms with E-state index in [1.807, 2.05) is 6.92 Å². The molecule has 0 aromatic carbocycles. The molecular weight excluding hydrogens is 164 g/mol. The number of esters is 1. The first-order valence-electron chi connectivity index (χ1n) is 5.22. The van der Waals surface area contributed by atoms with Crippen LogP contribution in [-0.4, -0.2) is 12.1 Å². The molecule has 0 saturated heterocycles. The molecule has 0 amide bonds. The van der Waals surface area contributed by atoms with Gasteiger partial charge in [0.15, 0.2) is 0 Å². The highest BCUT2D eigenvalue weighted by atomic mass is 16.5. The van der Waals surface area contributed by atoms with E-state index in [0.717, 1.165) is 6.42 Å². The molecule has 0 radical (unpaired) electrons. The predicted molar refractivity (Wildman–Crippen MR) is 54.5 cm³/mol. The molecule has 0 N–H and O–H groups in total. The lowest BCUT2D eigenvalue weighted by atomic mass is 9.93. The van der Waals surface area contributed by atoms with Crippen molar-refractivity contribution in [2.24, 2.45) is 11.8 Å². The Hall–Kier alpha value is -0.530. The molecule has 0 saturated carbocycles. The van der Waals surface area contributed by atoms with E-state index < -0.39 is 0 Å². The second kappa shape index (κ2) is 6.01. The molecule has 0 heterocycles. The largest absolute Gasteiger partial charge is 0.462 e. The van der Waals surface area contributed by atoms with E-state index in [2.05, 4.69) is 27.7 Å². The number of carbonyl (C=O) groups excluding carboxylic acids is 1. The highest BCUT2D eigenvalue weighted by molar-refractivity contribution is 5.69. The monoisotopic (exact) mass is 186 g/mol. The molecular formula is C11H22O2. The fraction of sp³-hybridized carbons (Fsp3) is 0.909. The molecule has 2 atom stereocenters. The first-order valence-corrected chi connectivity index (χ1v) is 5.22. The first-order chi connectivity index (χ1) is 6.02. The minimum atomic E-state index is -0.0843. The normalized spacial score (nSPS) is 15.5. The van der Waals surface area contributed by atoms with Crippen LogP contribution in [-0.2, 0) is 9.53 Å². The summed E-state index contributed by atoms with van der Waals surface area (Å²) in [6, 6.07) is 0. The van der Waals surface area contributed by atoms with Gasteiger partial charge in [-0.15, -0.1) is 0 Å². The SMILES string of the molecule is CCC(=O)OC(C(C)C)C(C)CC. The Kier molecular flexibility index (Phi) is 5.76. The van der Waals surface area contributed by atoms with Crippen LogP contribution in [0.1, 0.15) is 47.5 Å². The van der Waals surface area contributed by atoms with Gasteiger partial charge in [-0.2, -0.15) is 0 Å². The van der Waals surface area contributed by atoms with E-state index in [9.17, 15) is 4.79 Å². The third-order valence-corrected chi connectivity index (χ3v) is 2.42. The van der Waals surface area contributed by atoms with Crippen LogP contribution in [0.5, 0.6) is 0 Å². The molecule has 0 fully saturated rings. The average molecular weight is 186 g/mol. The summed E-state index contributed by atoms with van der Waals surface area (Å²) in [6.07, 6.45) is 1.61. The highest BCUT2D eigenvalue weighted by Crippen LogP contribution is 2.19. The van der Waals surface area contributed by atoms with Crippen molar-refractivity contribution in [3.63, 3.8) is 0 Å². The molecule has 0 spiro atoms. The van der Waals surface area contributed by atoms with Crippen molar-refractivity contribution in [1.82, 2.24) is 0 Å². The zero-order valence-electron chi connectivity index (χ0n) is 9.46. The van der Waals surface area contributed by atoms with Gasteiger partial charge in [-0.3, -0.25) is 4.79 Å². The summed E-state index contributed by atoms with van der Waals surface area (Å²) < 4.78 is 5.37. The minimum absolute atomic E-state index is 0.0810. The molecule has 0 aliphatic heterocycles. The van der Waals surface area contributed by atoms with Crippen LogP contribution < -0.4 is 0 Å². The van der Waals surface area contributed by atoms with Gasteiger partial charge in [0.2, 0.25) is 0 Å². The van der Waals surface area contributed by atoms with Crippen molar-refractivity contribution in [2.75, 3.05) is 0 Å². The zero-order valence-corrected chi connectivity index (χ0v) is 9.46. The summed E-state index contributed by atoms with van der Waals surface area (Å²) >= 11 is 0. The number of hydrogen-bond donors (Lipinski definition) is 0. The lowest BCUT2D eigenvalue weighted by Crippen LogP contribution is -2.29. The van der Waals surface area contributed by atoms with Crippen molar-refractivity contribution in [2.45, 2.75) is 53.6 Å². The van der Waals surface area contributed by atoms with Crippen LogP contribution in [0.15, 0.2) is 0 Å². The maximum atomic E-state index is 11.1. The van der Waals surface area contributed by atoms with Crippen LogP contribution in [0, 0.1) is 11.8 Å². The molecule has 0 aromatic rings. The van der Waals surface area contributed by atoms with Crippen LogP contribution in [0.3, 0.4) is 0 Å². The Morgan fingerprint density at radius 1 is 1.23 bits per heavy atom. The fourth-order valence-electron chi connectivity index (χ4n) is 1.38. The van der Waals surface area contributed by atoms with Crippen molar-refractivity contribution in [3.8, 4) is 0 Å². The second-order valence-electron chi connectivity index (χ2n) is 3.94. The van der Waals surface area contributed by atoms with Crippen LogP contribution in [0.25, 0.3) is 0 Å². The maximum absolute atomic E-state index is 11.1. The fourth-order valence-corrected chi connectivity index (χ4v) is 1.38. The molecule has 0 rings (SSSR count). The third kappa shape index (κ3) is 4.30. The van der Waals surface area contributed by atoms with E-state index >= 15 is 0 Å². The first kappa shape index (κ1) is 12.5. The molecule has 78 valence electrons. The van der Waals surface area contributed by atoms with Gasteiger partial charge in [-0.05, 0) is 11.8 Å². The second-order valence-corrected chi connectivity index (χ2v) is 3.94. The van der Waals surface area contributed by atoms with Crippen LogP contribution in [0.2, 0.25) is 0 Å². The number of carbonyl (C=O) groups is 1. The minimum Gasteiger partial charge on any atom is -0.462 e. The third-order valence-electron chi connectivity index (χ3n) is 2.42. The number of ether oxygens (including phenoxy) is 1. The Balaban J connectivity index is 4.17. The molecule has 2 nitrogen and oxygen atoms in total. The van der Waals surface area contributed by atoms with Gasteiger partial charge in [-0.1, -0.05) is 41.0 Å². The van der Waals surface area contributed by atoms with Crippen molar-refractivity contribution in [3.05, 3.63) is 0 Å². The van der Waals surface area contributed by atoms with Crippen molar-refractivity contribution < 1.29 is 9.53 Å². The molecule has 0 aliphatic rings. The van der Waals surface area contributed by atoms with Gasteiger partial charge in [-0.25, -0.2) is 0 Å². The standard InChI is InChI=1S/C11H22O2/c1-6-9(5)11(8(3)4)13-10(12)7-2/h8-9,11H,6-7H2,1-5H3. The smallest absolute Gasteiger partial charge is 0.305 e. The van der Waals surface area contributed by atoms with Crippen LogP contribution in [0.4, 0.5) is 0 Å². The van der Waals surface area contributed by atoms with Gasteiger partial charge in [0.25, 0.3) is 0 Å². The Labute approximate surface area is 81.7 Å². The van der Waals surface area contributed by atoms with Gasteiger partial charge in [0, 0.05) is 6.42 Å². The summed E-state index contributed by atoms with van der Waals surface area (Å²) in [6.45, 7) is 10.3. The van der Waals surface area contributed by atoms with Crippen molar-refractivity contribution >= 4 is 5.97 Å². The summed E-state index contributed by atoms with van der Waals surface area (Å²) in [7, 11) is 0. The van der Waals surface area contributed by atoms with E-state index in [1.54, 1.807) is 0 Å². The topological polar surface area (TPSA) is 26.3 Å². The van der Waals surface area contributed by atoms with E-state index in [4.69, 9.17) is 4.74 Å². The molecule has 0 bridgehead atoms. The van der Waals surface area contributed by atoms with Gasteiger partial charge >= 0.3 is 5.97 Å². The summed E-state index contributed by atoms with van der Waals surface area (Å²) in [5.74, 6) is 0.778. The Morgan fingerprint density at radius 2 is 1.77 bits per heavy atom. The van der Waals surface area contributed by atoms with Gasteiger partial charge < -0.3 is 4.74 Å². The molecule has 0 aliphatic carbocycles. The quantitative estimate of drug-likeness (QED) is 0.617. The van der Waals surface area contributed by atoms with Gasteiger partial charge in [0.05, 0.1) is 0 Å². The summed E-state index contributed by atoms with van der Waals surface area (Å²) in [5, 5.41) is 0. The molecule has 2 unspecified atom stereocenters. The van der Waals surface area contributed by atoms with Crippen molar-refractivity contribution in [1.29, 1.82) is 0 Å². The molecule has 0 aromatic heterocycles. The maximum Gasteiger partial charge on any atom is 0.305 e. The Bertz CT molecular complexity index is 152. The van der Waals surface area contributed by atoms with E-state index in [1.165, 1.54) is 0 Å². The Morgan fingerprint density at radius 3 is 2.08 bits per heavy atom. The van der Waals surface area contributed by atoms with Gasteiger partial charge in [0.1, 0.15) is 6.10 Å². The summed E-state index contributed by atoms with van der Waals surface area (Å²) in [5.41, 5.74) is 0. The van der Waals surface area contributed by atoms with E-state index in [-0.39, 0.29) is 12.1 Å². The predicted octanol–water partition coefficient (Wildman–Crippen LogP) is 3.01. The number of hydrogen-bond acceptors (Lipinski definition) is 2. The zero-order chi connectivity index (χ0) is 10.4. The lowest BCUT2D eigenvalue weighted by Gasteiger charge is -2.26. The molecule has 13 heavy (non-hydrogen) atoms. The van der Waals surface area contributed by atoms with Crippen LogP contribution >= 0.6 is 0 Å². The summed E-state index contributed by atoms with van der Waals surface area (Å²) in [4.78, 5) is 11.1. The van der Waals surface area contributed by atoms with E-state index in [0.29, 0.717) is 18.3 Å². The lowest BCUT2D eigenvalue weighted by molar-refractivity contribution is -0.154. The highest BCUT2D eigenvalue weighted by Gasteiger charge is 2.22. The average Bonchev–Trinajstić information content (AvgIpc) is 2.11.